The van der Waals surface area contributed by atoms with Crippen LogP contribution in [0.1, 0.15) is 45.2 Å². The number of aliphatic hydroxyl groups excluding tert-OH is 1. The largest absolute Gasteiger partial charge is 0.396 e. The molecule has 25 heavy (non-hydrogen) atoms. The number of nitrogens with two attached hydrogens (primary N) is 1. The lowest BCUT2D eigenvalue weighted by atomic mass is 9.84. The summed E-state index contributed by atoms with van der Waals surface area (Å²) in [6.07, 6.45) is 0.291. The quantitative estimate of drug-likeness (QED) is 0.711. The standard InChI is InChI=1S/C17H16N4O4/c1-9(23)21(7-4-8-22)17-13-12(16(18)19-20-17)14(24)10-5-2-3-6-11(10)15(13)25/h2-3,5-6,22H,4,7-8H2,1H3,(H2,18,19). The number of nitrogen functional groups attached to an aromatic ring is 1. The average Bonchev–Trinajstić information content (AvgIpc) is 2.60. The van der Waals surface area contributed by atoms with E-state index in [1.807, 2.05) is 0 Å². The molecule has 0 bridgehead atoms. The minimum Gasteiger partial charge on any atom is -0.396 e. The van der Waals surface area contributed by atoms with E-state index in [2.05, 4.69) is 10.2 Å². The molecule has 0 saturated heterocycles. The second-order valence-electron chi connectivity index (χ2n) is 5.61. The second kappa shape index (κ2) is 6.40. The molecule has 2 aromatic rings. The number of aromatic nitrogens is 2. The third-order valence-corrected chi connectivity index (χ3v) is 4.03. The van der Waals surface area contributed by atoms with Crippen LogP contribution in [-0.4, -0.2) is 45.9 Å². The summed E-state index contributed by atoms with van der Waals surface area (Å²) in [4.78, 5) is 39.0. The Morgan fingerprint density at radius 1 is 1.12 bits per heavy atom. The van der Waals surface area contributed by atoms with Crippen LogP contribution in [0.4, 0.5) is 11.6 Å². The molecule has 0 radical (unpaired) electrons. The number of benzene rings is 1. The van der Waals surface area contributed by atoms with Gasteiger partial charge in [0.2, 0.25) is 5.91 Å². The molecule has 1 aliphatic rings. The summed E-state index contributed by atoms with van der Waals surface area (Å²) in [7, 11) is 0. The van der Waals surface area contributed by atoms with Crippen molar-refractivity contribution in [3.05, 3.63) is 46.5 Å². The lowest BCUT2D eigenvalue weighted by molar-refractivity contribution is -0.116. The number of anilines is 2. The van der Waals surface area contributed by atoms with Gasteiger partial charge in [-0.25, -0.2) is 0 Å². The molecule has 128 valence electrons. The van der Waals surface area contributed by atoms with Crippen molar-refractivity contribution >= 4 is 29.1 Å². The number of hydrogen-bond donors (Lipinski definition) is 2. The van der Waals surface area contributed by atoms with Crippen molar-refractivity contribution in [2.75, 3.05) is 23.8 Å². The van der Waals surface area contributed by atoms with Crippen LogP contribution in [-0.2, 0) is 4.79 Å². The minimum atomic E-state index is -0.433. The molecule has 0 atom stereocenters. The minimum absolute atomic E-state index is 0.0157. The first-order valence-electron chi connectivity index (χ1n) is 7.71. The van der Waals surface area contributed by atoms with Gasteiger partial charge in [0, 0.05) is 31.2 Å². The molecule has 0 unspecified atom stereocenters. The first kappa shape index (κ1) is 16.7. The van der Waals surface area contributed by atoms with Gasteiger partial charge in [0.1, 0.15) is 0 Å². The summed E-state index contributed by atoms with van der Waals surface area (Å²) in [5, 5.41) is 16.7. The summed E-state index contributed by atoms with van der Waals surface area (Å²) in [5.41, 5.74) is 6.23. The highest BCUT2D eigenvalue weighted by atomic mass is 16.3. The monoisotopic (exact) mass is 340 g/mol. The predicted octanol–water partition coefficient (Wildman–Crippen LogP) is 0.570. The fraction of sp³-hybridized carbons (Fsp3) is 0.235. The molecular weight excluding hydrogens is 324 g/mol. The van der Waals surface area contributed by atoms with Gasteiger partial charge in [-0.1, -0.05) is 24.3 Å². The second-order valence-corrected chi connectivity index (χ2v) is 5.61. The number of carbonyl (C=O) groups excluding carboxylic acids is 3. The smallest absolute Gasteiger partial charge is 0.225 e. The number of nitrogens with zero attached hydrogens (tertiary/aromatic N) is 3. The Morgan fingerprint density at radius 3 is 2.28 bits per heavy atom. The number of hydrogen-bond acceptors (Lipinski definition) is 7. The van der Waals surface area contributed by atoms with Gasteiger partial charge < -0.3 is 10.8 Å². The Kier molecular flexibility index (Phi) is 4.28. The van der Waals surface area contributed by atoms with E-state index < -0.39 is 11.6 Å². The van der Waals surface area contributed by atoms with E-state index in [0.29, 0.717) is 6.42 Å². The maximum Gasteiger partial charge on any atom is 0.225 e. The molecule has 3 N–H and O–H groups in total. The van der Waals surface area contributed by atoms with E-state index in [9.17, 15) is 14.4 Å². The fourth-order valence-corrected chi connectivity index (χ4v) is 2.86. The Balaban J connectivity index is 2.24. The topological polar surface area (TPSA) is 126 Å². The van der Waals surface area contributed by atoms with Crippen LogP contribution in [0, 0.1) is 0 Å². The lowest BCUT2D eigenvalue weighted by Gasteiger charge is -2.25. The SMILES string of the molecule is CC(=O)N(CCCO)c1nnc(N)c2c1C(=O)c1ccccc1C2=O. The highest BCUT2D eigenvalue weighted by molar-refractivity contribution is 6.31. The molecule has 8 heteroatoms. The third-order valence-electron chi connectivity index (χ3n) is 4.03. The van der Waals surface area contributed by atoms with Crippen molar-refractivity contribution < 1.29 is 19.5 Å². The van der Waals surface area contributed by atoms with Crippen molar-refractivity contribution in [2.45, 2.75) is 13.3 Å². The number of carbonyl (C=O) groups is 3. The summed E-state index contributed by atoms with van der Waals surface area (Å²) in [5.74, 6) is -1.41. The Labute approximate surface area is 143 Å². The van der Waals surface area contributed by atoms with E-state index in [4.69, 9.17) is 10.8 Å². The van der Waals surface area contributed by atoms with Crippen molar-refractivity contribution in [2.24, 2.45) is 0 Å². The predicted molar refractivity (Wildman–Crippen MR) is 89.5 cm³/mol. The summed E-state index contributed by atoms with van der Waals surface area (Å²) >= 11 is 0. The van der Waals surface area contributed by atoms with Crippen LogP contribution >= 0.6 is 0 Å². The van der Waals surface area contributed by atoms with E-state index in [-0.39, 0.29) is 52.9 Å². The van der Waals surface area contributed by atoms with Crippen LogP contribution in [0.5, 0.6) is 0 Å². The number of fused-ring (bicyclic) bond motifs is 2. The summed E-state index contributed by atoms with van der Waals surface area (Å²) in [6, 6.07) is 6.41. The molecule has 0 saturated carbocycles. The Bertz CT molecular complexity index is 894. The number of ketones is 2. The van der Waals surface area contributed by atoms with Gasteiger partial charge in [-0.05, 0) is 6.42 Å². The molecule has 3 rings (SSSR count). The highest BCUT2D eigenvalue weighted by Gasteiger charge is 2.36. The van der Waals surface area contributed by atoms with Gasteiger partial charge in [0.15, 0.2) is 23.2 Å². The average molecular weight is 340 g/mol. The van der Waals surface area contributed by atoms with E-state index in [1.165, 1.54) is 11.8 Å². The molecule has 0 aliphatic heterocycles. The van der Waals surface area contributed by atoms with E-state index >= 15 is 0 Å². The molecule has 1 aliphatic carbocycles. The molecule has 1 aromatic carbocycles. The number of aliphatic hydroxyl groups is 1. The van der Waals surface area contributed by atoms with Crippen LogP contribution < -0.4 is 10.6 Å². The molecule has 1 aromatic heterocycles. The molecule has 1 amide bonds. The fourth-order valence-electron chi connectivity index (χ4n) is 2.86. The molecule has 1 heterocycles. The molecule has 0 spiro atoms. The van der Waals surface area contributed by atoms with Crippen molar-refractivity contribution in [3.8, 4) is 0 Å². The molecule has 0 fully saturated rings. The van der Waals surface area contributed by atoms with Crippen LogP contribution in [0.3, 0.4) is 0 Å². The summed E-state index contributed by atoms with van der Waals surface area (Å²) in [6.45, 7) is 1.31. The Hall–Kier alpha value is -3.13. The van der Waals surface area contributed by atoms with E-state index in [1.54, 1.807) is 24.3 Å². The van der Waals surface area contributed by atoms with Gasteiger partial charge in [-0.3, -0.25) is 19.3 Å². The zero-order chi connectivity index (χ0) is 18.1. The van der Waals surface area contributed by atoms with Crippen molar-refractivity contribution in [1.82, 2.24) is 10.2 Å². The van der Waals surface area contributed by atoms with Gasteiger partial charge in [-0.15, -0.1) is 10.2 Å². The third kappa shape index (κ3) is 2.66. The van der Waals surface area contributed by atoms with Gasteiger partial charge in [0.25, 0.3) is 0 Å². The van der Waals surface area contributed by atoms with Gasteiger partial charge >= 0.3 is 0 Å². The molecule has 8 nitrogen and oxygen atoms in total. The first-order valence-corrected chi connectivity index (χ1v) is 7.71. The Morgan fingerprint density at radius 2 is 1.72 bits per heavy atom. The normalized spacial score (nSPS) is 12.6. The highest BCUT2D eigenvalue weighted by Crippen LogP contribution is 2.34. The van der Waals surface area contributed by atoms with Crippen LogP contribution in [0.2, 0.25) is 0 Å². The number of amides is 1. The lowest BCUT2D eigenvalue weighted by Crippen LogP contribution is -2.35. The molecular formula is C17H16N4O4. The first-order chi connectivity index (χ1) is 12.0. The van der Waals surface area contributed by atoms with Crippen LogP contribution in [0.15, 0.2) is 24.3 Å². The maximum atomic E-state index is 13.0. The van der Waals surface area contributed by atoms with Gasteiger partial charge in [-0.2, -0.15) is 0 Å². The van der Waals surface area contributed by atoms with Crippen molar-refractivity contribution in [3.63, 3.8) is 0 Å². The van der Waals surface area contributed by atoms with Crippen molar-refractivity contribution in [1.29, 1.82) is 0 Å². The zero-order valence-electron chi connectivity index (χ0n) is 13.5. The maximum absolute atomic E-state index is 13.0. The number of rotatable bonds is 4. The van der Waals surface area contributed by atoms with Gasteiger partial charge in [0.05, 0.1) is 11.1 Å². The summed E-state index contributed by atoms with van der Waals surface area (Å²) < 4.78 is 0. The zero-order valence-corrected chi connectivity index (χ0v) is 13.5. The van der Waals surface area contributed by atoms with E-state index in [0.717, 1.165) is 0 Å². The van der Waals surface area contributed by atoms with Crippen LogP contribution in [0.25, 0.3) is 0 Å².